The van der Waals surface area contributed by atoms with E-state index in [0.717, 1.165) is 54.6 Å². The summed E-state index contributed by atoms with van der Waals surface area (Å²) in [5.41, 5.74) is 3.92. The molecular formula is C21H27N3O. The molecule has 0 radical (unpaired) electrons. The molecule has 3 heterocycles. The van der Waals surface area contributed by atoms with Gasteiger partial charge >= 0.3 is 0 Å². The zero-order chi connectivity index (χ0) is 17.4. The molecule has 4 rings (SSSR count). The van der Waals surface area contributed by atoms with Gasteiger partial charge in [-0.3, -0.25) is 14.7 Å². The number of aromatic nitrogens is 1. The summed E-state index contributed by atoms with van der Waals surface area (Å²) in [6, 6.07) is 8.84. The molecule has 4 nitrogen and oxygen atoms in total. The Bertz CT molecular complexity index is 801. The van der Waals surface area contributed by atoms with Gasteiger partial charge in [-0.1, -0.05) is 13.0 Å². The molecule has 25 heavy (non-hydrogen) atoms. The maximum atomic E-state index is 13.4. The fraction of sp³-hybridized carbons (Fsp3) is 0.524. The van der Waals surface area contributed by atoms with Gasteiger partial charge in [0.05, 0.1) is 11.1 Å². The first-order valence-electron chi connectivity index (χ1n) is 9.59. The van der Waals surface area contributed by atoms with Crippen LogP contribution >= 0.6 is 0 Å². The molecule has 0 aliphatic carbocycles. The fourth-order valence-electron chi connectivity index (χ4n) is 4.36. The monoisotopic (exact) mass is 337 g/mol. The van der Waals surface area contributed by atoms with Crippen LogP contribution in [0.3, 0.4) is 0 Å². The smallest absolute Gasteiger partial charge is 0.254 e. The van der Waals surface area contributed by atoms with Gasteiger partial charge in [-0.15, -0.1) is 0 Å². The third-order valence-corrected chi connectivity index (χ3v) is 5.73. The maximum absolute atomic E-state index is 13.4. The molecule has 1 atom stereocenters. The molecule has 132 valence electrons. The van der Waals surface area contributed by atoms with Gasteiger partial charge in [0.25, 0.3) is 5.91 Å². The lowest BCUT2D eigenvalue weighted by molar-refractivity contribution is 0.0745. The number of carbonyl (C=O) groups is 1. The summed E-state index contributed by atoms with van der Waals surface area (Å²) in [5.74, 6) is 0.178. The van der Waals surface area contributed by atoms with Crippen molar-refractivity contribution in [2.24, 2.45) is 0 Å². The van der Waals surface area contributed by atoms with Gasteiger partial charge in [0.15, 0.2) is 0 Å². The molecule has 2 fully saturated rings. The van der Waals surface area contributed by atoms with Crippen molar-refractivity contribution in [1.82, 2.24) is 14.8 Å². The summed E-state index contributed by atoms with van der Waals surface area (Å²) in [7, 11) is 0. The number of hydrogen-bond donors (Lipinski definition) is 0. The molecule has 0 N–H and O–H groups in total. The Morgan fingerprint density at radius 1 is 1.20 bits per heavy atom. The molecule has 2 aliphatic heterocycles. The quantitative estimate of drug-likeness (QED) is 0.842. The highest BCUT2D eigenvalue weighted by Gasteiger charge is 2.31. The first kappa shape index (κ1) is 16.5. The Labute approximate surface area is 149 Å². The predicted molar refractivity (Wildman–Crippen MR) is 101 cm³/mol. The van der Waals surface area contributed by atoms with Crippen LogP contribution in [0.1, 0.15) is 47.8 Å². The number of rotatable bonds is 2. The number of amides is 1. The Kier molecular flexibility index (Phi) is 4.46. The van der Waals surface area contributed by atoms with Gasteiger partial charge in [-0.25, -0.2) is 0 Å². The van der Waals surface area contributed by atoms with Crippen LogP contribution in [-0.4, -0.2) is 52.9 Å². The second-order valence-corrected chi connectivity index (χ2v) is 7.45. The zero-order valence-corrected chi connectivity index (χ0v) is 15.3. The number of hydrogen-bond acceptors (Lipinski definition) is 3. The number of benzene rings is 1. The van der Waals surface area contributed by atoms with Gasteiger partial charge in [0.1, 0.15) is 0 Å². The van der Waals surface area contributed by atoms with E-state index in [1.54, 1.807) is 0 Å². The average Bonchev–Trinajstić information content (AvgIpc) is 2.96. The van der Waals surface area contributed by atoms with Gasteiger partial charge in [0.2, 0.25) is 0 Å². The van der Waals surface area contributed by atoms with Gasteiger partial charge in [-0.2, -0.15) is 0 Å². The van der Waals surface area contributed by atoms with E-state index in [0.29, 0.717) is 6.04 Å². The summed E-state index contributed by atoms with van der Waals surface area (Å²) >= 11 is 0. The maximum Gasteiger partial charge on any atom is 0.254 e. The van der Waals surface area contributed by atoms with Crippen LogP contribution in [0.4, 0.5) is 0 Å². The van der Waals surface area contributed by atoms with E-state index in [9.17, 15) is 4.79 Å². The third kappa shape index (κ3) is 3.15. The molecule has 0 bridgehead atoms. The lowest BCUT2D eigenvalue weighted by Gasteiger charge is -2.26. The number of aryl methyl sites for hydroxylation is 2. The van der Waals surface area contributed by atoms with Crippen LogP contribution in [-0.2, 0) is 6.42 Å². The molecule has 2 saturated heterocycles. The Morgan fingerprint density at radius 3 is 2.88 bits per heavy atom. The molecule has 4 heteroatoms. The van der Waals surface area contributed by atoms with Crippen LogP contribution in [0, 0.1) is 6.92 Å². The lowest BCUT2D eigenvalue weighted by Crippen LogP contribution is -2.39. The van der Waals surface area contributed by atoms with E-state index in [4.69, 9.17) is 0 Å². The first-order valence-corrected chi connectivity index (χ1v) is 9.59. The summed E-state index contributed by atoms with van der Waals surface area (Å²) in [6.07, 6.45) is 4.53. The minimum absolute atomic E-state index is 0.178. The first-order chi connectivity index (χ1) is 12.2. The third-order valence-electron chi connectivity index (χ3n) is 5.73. The van der Waals surface area contributed by atoms with Crippen molar-refractivity contribution in [3.05, 3.63) is 41.1 Å². The van der Waals surface area contributed by atoms with Crippen molar-refractivity contribution in [1.29, 1.82) is 0 Å². The molecular weight excluding hydrogens is 310 g/mol. The summed E-state index contributed by atoms with van der Waals surface area (Å²) in [5, 5.41) is 1.00. The molecule has 0 unspecified atom stereocenters. The average molecular weight is 337 g/mol. The Hall–Kier alpha value is -1.94. The molecule has 1 aromatic carbocycles. The second kappa shape index (κ2) is 6.75. The normalized spacial score (nSPS) is 21.4. The minimum Gasteiger partial charge on any atom is -0.337 e. The molecule has 2 aromatic rings. The highest BCUT2D eigenvalue weighted by atomic mass is 16.2. The standard InChI is InChI=1S/C21H27N3O/c1-3-16-7-8-20-18(13-16)19(12-15(2)22-20)21(25)24-11-5-10-23-9-4-6-17(23)14-24/h7-8,12-13,17H,3-6,9-11,14H2,1-2H3/t17-/m0/s1. The zero-order valence-electron chi connectivity index (χ0n) is 15.3. The second-order valence-electron chi connectivity index (χ2n) is 7.45. The van der Waals surface area contributed by atoms with Crippen molar-refractivity contribution in [2.75, 3.05) is 26.2 Å². The lowest BCUT2D eigenvalue weighted by atomic mass is 10.0. The van der Waals surface area contributed by atoms with Gasteiger partial charge < -0.3 is 4.90 Å². The predicted octanol–water partition coefficient (Wildman–Crippen LogP) is 3.42. The number of nitrogens with zero attached hydrogens (tertiary/aromatic N) is 3. The van der Waals surface area contributed by atoms with E-state index in [-0.39, 0.29) is 5.91 Å². The fourth-order valence-corrected chi connectivity index (χ4v) is 4.36. The Balaban J connectivity index is 1.71. The van der Waals surface area contributed by atoms with Crippen LogP contribution in [0.25, 0.3) is 10.9 Å². The molecule has 0 saturated carbocycles. The topological polar surface area (TPSA) is 36.4 Å². The number of carbonyl (C=O) groups excluding carboxylic acids is 1. The van der Waals surface area contributed by atoms with E-state index in [2.05, 4.69) is 39.9 Å². The van der Waals surface area contributed by atoms with Crippen molar-refractivity contribution in [2.45, 2.75) is 45.6 Å². The van der Waals surface area contributed by atoms with E-state index < -0.39 is 0 Å². The van der Waals surface area contributed by atoms with Gasteiger partial charge in [0, 0.05) is 36.8 Å². The molecule has 1 amide bonds. The largest absolute Gasteiger partial charge is 0.337 e. The van der Waals surface area contributed by atoms with Gasteiger partial charge in [-0.05, 0) is 62.9 Å². The summed E-state index contributed by atoms with van der Waals surface area (Å²) < 4.78 is 0. The highest BCUT2D eigenvalue weighted by Crippen LogP contribution is 2.25. The number of pyridine rings is 1. The molecule has 0 spiro atoms. The van der Waals surface area contributed by atoms with Crippen molar-refractivity contribution < 1.29 is 4.79 Å². The van der Waals surface area contributed by atoms with Crippen LogP contribution in [0.15, 0.2) is 24.3 Å². The van der Waals surface area contributed by atoms with E-state index >= 15 is 0 Å². The van der Waals surface area contributed by atoms with Crippen molar-refractivity contribution in [3.63, 3.8) is 0 Å². The van der Waals surface area contributed by atoms with E-state index in [1.807, 2.05) is 13.0 Å². The van der Waals surface area contributed by atoms with Crippen LogP contribution < -0.4 is 0 Å². The summed E-state index contributed by atoms with van der Waals surface area (Å²) in [6.45, 7) is 8.19. The number of fused-ring (bicyclic) bond motifs is 2. The highest BCUT2D eigenvalue weighted by molar-refractivity contribution is 6.06. The van der Waals surface area contributed by atoms with Crippen molar-refractivity contribution >= 4 is 16.8 Å². The minimum atomic E-state index is 0.178. The summed E-state index contributed by atoms with van der Waals surface area (Å²) in [4.78, 5) is 22.7. The van der Waals surface area contributed by atoms with E-state index in [1.165, 1.54) is 24.9 Å². The molecule has 2 aliphatic rings. The van der Waals surface area contributed by atoms with Crippen LogP contribution in [0.2, 0.25) is 0 Å². The Morgan fingerprint density at radius 2 is 2.04 bits per heavy atom. The van der Waals surface area contributed by atoms with Crippen molar-refractivity contribution in [3.8, 4) is 0 Å². The SMILES string of the molecule is CCc1ccc2nc(C)cc(C(=O)N3CCCN4CCC[C@H]4C3)c2c1. The van der Waals surface area contributed by atoms with Crippen LogP contribution in [0.5, 0.6) is 0 Å². The molecule has 1 aromatic heterocycles.